The molecule has 1 aliphatic heterocycles. The van der Waals surface area contributed by atoms with Crippen LogP contribution in [0.5, 0.6) is 5.75 Å². The van der Waals surface area contributed by atoms with Gasteiger partial charge in [-0.25, -0.2) is 9.37 Å². The number of hydrogen-bond acceptors (Lipinski definition) is 5. The van der Waals surface area contributed by atoms with Crippen LogP contribution in [-0.2, 0) is 4.79 Å². The van der Waals surface area contributed by atoms with E-state index in [9.17, 15) is 9.18 Å². The number of carbonyl (C=O) groups is 1. The summed E-state index contributed by atoms with van der Waals surface area (Å²) in [6, 6.07) is 10.0. The lowest BCUT2D eigenvalue weighted by Gasteiger charge is -2.21. The van der Waals surface area contributed by atoms with Gasteiger partial charge in [0.1, 0.15) is 17.4 Å². The van der Waals surface area contributed by atoms with Crippen molar-refractivity contribution in [3.8, 4) is 5.75 Å². The summed E-state index contributed by atoms with van der Waals surface area (Å²) >= 11 is 0. The van der Waals surface area contributed by atoms with E-state index in [1.165, 1.54) is 24.3 Å². The molecule has 28 heavy (non-hydrogen) atoms. The number of ether oxygens (including phenoxy) is 1. The first-order valence-corrected chi connectivity index (χ1v) is 9.57. The van der Waals surface area contributed by atoms with Crippen LogP contribution < -0.4 is 15.0 Å². The number of halogens is 1. The van der Waals surface area contributed by atoms with Gasteiger partial charge in [0.2, 0.25) is 0 Å². The van der Waals surface area contributed by atoms with Crippen LogP contribution in [0, 0.1) is 5.82 Å². The Morgan fingerprint density at radius 2 is 2.00 bits per heavy atom. The number of benzene rings is 1. The minimum atomic E-state index is -0.323. The van der Waals surface area contributed by atoms with Crippen LogP contribution in [0.3, 0.4) is 0 Å². The van der Waals surface area contributed by atoms with Crippen molar-refractivity contribution in [1.29, 1.82) is 0 Å². The second-order valence-electron chi connectivity index (χ2n) is 7.20. The highest BCUT2D eigenvalue weighted by atomic mass is 19.1. The first-order valence-electron chi connectivity index (χ1n) is 9.57. The summed E-state index contributed by atoms with van der Waals surface area (Å²) in [5, 5.41) is 3.52. The van der Waals surface area contributed by atoms with E-state index in [-0.39, 0.29) is 18.3 Å². The maximum absolute atomic E-state index is 12.9. The van der Waals surface area contributed by atoms with Gasteiger partial charge >= 0.3 is 0 Å². The quantitative estimate of drug-likeness (QED) is 0.827. The third-order valence-electron chi connectivity index (χ3n) is 4.83. The molecule has 1 amide bonds. The zero-order valence-corrected chi connectivity index (χ0v) is 16.4. The average molecular weight is 386 g/mol. The van der Waals surface area contributed by atoms with Crippen molar-refractivity contribution in [2.45, 2.75) is 25.3 Å². The molecule has 0 spiro atoms. The molecule has 1 aliphatic rings. The molecule has 1 N–H and O–H groups in total. The van der Waals surface area contributed by atoms with Crippen LogP contribution in [-0.4, -0.2) is 55.6 Å². The molecule has 1 atom stereocenters. The zero-order chi connectivity index (χ0) is 19.9. The predicted octanol–water partition coefficient (Wildman–Crippen LogP) is 3.16. The summed E-state index contributed by atoms with van der Waals surface area (Å²) < 4.78 is 18.4. The molecule has 1 aromatic heterocycles. The molecule has 0 saturated carbocycles. The first kappa shape index (κ1) is 19.9. The number of likely N-dealkylation sites (tertiary alicyclic amines) is 1. The normalized spacial score (nSPS) is 17.0. The minimum Gasteiger partial charge on any atom is -0.484 e. The summed E-state index contributed by atoms with van der Waals surface area (Å²) in [5.41, 5.74) is 0.995. The molecule has 6 nitrogen and oxygen atoms in total. The largest absolute Gasteiger partial charge is 0.484 e. The van der Waals surface area contributed by atoms with Crippen molar-refractivity contribution < 1.29 is 13.9 Å². The summed E-state index contributed by atoms with van der Waals surface area (Å²) in [7, 11) is 3.93. The summed E-state index contributed by atoms with van der Waals surface area (Å²) in [6.45, 7) is 1.38. The summed E-state index contributed by atoms with van der Waals surface area (Å²) in [4.78, 5) is 20.7. The standard InChI is InChI=1S/C21H27FN4O2/c1-25(2)20-10-7-18(14-23-20)24-17-4-3-12-26(13-11-17)21(27)15-28-19-8-5-16(22)6-9-19/h5-10,14,17,24H,3-4,11-13,15H2,1-2H3/t17-/m0/s1. The summed E-state index contributed by atoms with van der Waals surface area (Å²) in [6.07, 6.45) is 4.65. The predicted molar refractivity (Wildman–Crippen MR) is 108 cm³/mol. The lowest BCUT2D eigenvalue weighted by Crippen LogP contribution is -2.36. The number of nitrogens with zero attached hydrogens (tertiary/aromatic N) is 3. The van der Waals surface area contributed by atoms with E-state index < -0.39 is 0 Å². The minimum absolute atomic E-state index is 0.0281. The smallest absolute Gasteiger partial charge is 0.260 e. The van der Waals surface area contributed by atoms with Crippen LogP contribution in [0.15, 0.2) is 42.6 Å². The molecule has 3 rings (SSSR count). The van der Waals surface area contributed by atoms with Gasteiger partial charge in [-0.1, -0.05) is 0 Å². The maximum Gasteiger partial charge on any atom is 0.260 e. The zero-order valence-electron chi connectivity index (χ0n) is 16.4. The molecule has 0 bridgehead atoms. The van der Waals surface area contributed by atoms with Crippen LogP contribution in [0.25, 0.3) is 0 Å². The second-order valence-corrected chi connectivity index (χ2v) is 7.20. The van der Waals surface area contributed by atoms with E-state index in [1.54, 1.807) is 0 Å². The number of hydrogen-bond donors (Lipinski definition) is 1. The number of pyridine rings is 1. The number of aromatic nitrogens is 1. The van der Waals surface area contributed by atoms with Gasteiger partial charge in [-0.05, 0) is 55.7 Å². The van der Waals surface area contributed by atoms with Crippen molar-refractivity contribution in [2.75, 3.05) is 44.0 Å². The highest BCUT2D eigenvalue weighted by Gasteiger charge is 2.21. The fourth-order valence-corrected chi connectivity index (χ4v) is 3.23. The topological polar surface area (TPSA) is 57.7 Å². The van der Waals surface area contributed by atoms with Gasteiger partial charge in [0.15, 0.2) is 6.61 Å². The van der Waals surface area contributed by atoms with E-state index in [0.717, 1.165) is 37.3 Å². The average Bonchev–Trinajstić information content (AvgIpc) is 2.93. The van der Waals surface area contributed by atoms with Gasteiger partial charge in [0.05, 0.1) is 11.9 Å². The number of amides is 1. The van der Waals surface area contributed by atoms with Gasteiger partial charge < -0.3 is 19.9 Å². The lowest BCUT2D eigenvalue weighted by atomic mass is 10.1. The fraction of sp³-hybridized carbons (Fsp3) is 0.429. The van der Waals surface area contributed by atoms with Crippen LogP contribution >= 0.6 is 0 Å². The second kappa shape index (κ2) is 9.39. The number of anilines is 2. The van der Waals surface area contributed by atoms with Crippen molar-refractivity contribution >= 4 is 17.4 Å². The van der Waals surface area contributed by atoms with Crippen LogP contribution in [0.4, 0.5) is 15.9 Å². The molecule has 2 aromatic rings. The highest BCUT2D eigenvalue weighted by molar-refractivity contribution is 5.77. The molecular weight excluding hydrogens is 359 g/mol. The molecule has 7 heteroatoms. The molecule has 150 valence electrons. The lowest BCUT2D eigenvalue weighted by molar-refractivity contribution is -0.133. The highest BCUT2D eigenvalue weighted by Crippen LogP contribution is 2.19. The molecule has 1 saturated heterocycles. The van der Waals surface area contributed by atoms with Crippen molar-refractivity contribution in [3.05, 3.63) is 48.4 Å². The van der Waals surface area contributed by atoms with Gasteiger partial charge in [0, 0.05) is 33.2 Å². The third-order valence-corrected chi connectivity index (χ3v) is 4.83. The monoisotopic (exact) mass is 386 g/mol. The number of nitrogens with one attached hydrogen (secondary N) is 1. The Labute approximate surface area is 165 Å². The maximum atomic E-state index is 12.9. The van der Waals surface area contributed by atoms with Crippen molar-refractivity contribution in [3.63, 3.8) is 0 Å². The Morgan fingerprint density at radius 1 is 1.21 bits per heavy atom. The molecular formula is C21H27FN4O2. The Kier molecular flexibility index (Phi) is 6.68. The Morgan fingerprint density at radius 3 is 2.68 bits per heavy atom. The van der Waals surface area contributed by atoms with E-state index >= 15 is 0 Å². The van der Waals surface area contributed by atoms with E-state index in [1.807, 2.05) is 42.2 Å². The van der Waals surface area contributed by atoms with Gasteiger partial charge in [-0.3, -0.25) is 4.79 Å². The van der Waals surface area contributed by atoms with Gasteiger partial charge in [-0.15, -0.1) is 0 Å². The van der Waals surface area contributed by atoms with Crippen molar-refractivity contribution in [2.24, 2.45) is 0 Å². The Hall–Kier alpha value is -2.83. The van der Waals surface area contributed by atoms with Crippen molar-refractivity contribution in [1.82, 2.24) is 9.88 Å². The van der Waals surface area contributed by atoms with Crippen LogP contribution in [0.1, 0.15) is 19.3 Å². The molecule has 1 fully saturated rings. The molecule has 1 aromatic carbocycles. The van der Waals surface area contributed by atoms with Gasteiger partial charge in [0.25, 0.3) is 5.91 Å². The van der Waals surface area contributed by atoms with E-state index in [0.29, 0.717) is 18.3 Å². The first-order chi connectivity index (χ1) is 13.5. The fourth-order valence-electron chi connectivity index (χ4n) is 3.23. The summed E-state index contributed by atoms with van der Waals surface area (Å²) in [5.74, 6) is 1.06. The number of carbonyl (C=O) groups excluding carboxylic acids is 1. The van der Waals surface area contributed by atoms with Crippen LogP contribution in [0.2, 0.25) is 0 Å². The third kappa shape index (κ3) is 5.58. The SMILES string of the molecule is CN(C)c1ccc(N[C@H]2CCCN(C(=O)COc3ccc(F)cc3)CC2)cn1. The molecule has 2 heterocycles. The van der Waals surface area contributed by atoms with Gasteiger partial charge in [-0.2, -0.15) is 0 Å². The van der Waals surface area contributed by atoms with E-state index in [4.69, 9.17) is 4.74 Å². The molecule has 0 aliphatic carbocycles. The van der Waals surface area contributed by atoms with E-state index in [2.05, 4.69) is 10.3 Å². The molecule has 0 radical (unpaired) electrons. The number of rotatable bonds is 6. The Balaban J connectivity index is 1.47. The molecule has 0 unspecified atom stereocenters. The Bertz CT molecular complexity index is 765.